The molecule has 0 radical (unpaired) electrons. The van der Waals surface area contributed by atoms with E-state index in [9.17, 15) is 4.79 Å². The summed E-state index contributed by atoms with van der Waals surface area (Å²) in [6.07, 6.45) is 3.07. The normalized spacial score (nSPS) is 11.0. The largest absolute Gasteiger partial charge is 0.489 e. The number of amides is 2. The van der Waals surface area contributed by atoms with Crippen LogP contribution in [0.5, 0.6) is 5.75 Å². The zero-order valence-corrected chi connectivity index (χ0v) is 17.2. The number of hydrogen-bond acceptors (Lipinski definition) is 6. The lowest BCUT2D eigenvalue weighted by Crippen LogP contribution is -2.49. The van der Waals surface area contributed by atoms with Gasteiger partial charge in [-0.15, -0.1) is 0 Å². The average molecular weight is 396 g/mol. The Morgan fingerprint density at radius 1 is 1.21 bits per heavy atom. The number of carbonyl (C=O) groups is 1. The molecule has 0 heterocycles. The molecule has 0 unspecified atom stereocenters. The van der Waals surface area contributed by atoms with Crippen molar-refractivity contribution in [3.8, 4) is 5.75 Å². The first-order valence-corrected chi connectivity index (χ1v) is 9.07. The highest BCUT2D eigenvalue weighted by Crippen LogP contribution is 2.27. The average Bonchev–Trinajstić information content (AvgIpc) is 2.70. The molecule has 0 saturated carbocycles. The number of nitrogens with one attached hydrogen (secondary N) is 2. The molecular formula is C21H28N6O2. The van der Waals surface area contributed by atoms with Gasteiger partial charge in [0.25, 0.3) is 0 Å². The molecule has 8 nitrogen and oxygen atoms in total. The fourth-order valence-electron chi connectivity index (χ4n) is 2.88. The fourth-order valence-corrected chi connectivity index (χ4v) is 2.88. The van der Waals surface area contributed by atoms with E-state index in [0.29, 0.717) is 11.4 Å². The fraction of sp³-hybridized carbons (Fsp3) is 0.238. The highest BCUT2D eigenvalue weighted by Gasteiger charge is 2.19. The van der Waals surface area contributed by atoms with Crippen molar-refractivity contribution in [2.45, 2.75) is 20.5 Å². The molecule has 2 aromatic carbocycles. The second-order valence-electron chi connectivity index (χ2n) is 6.64. The number of aryl methyl sites for hydroxylation is 2. The highest BCUT2D eigenvalue weighted by atomic mass is 16.5. The van der Waals surface area contributed by atoms with Gasteiger partial charge in [-0.05, 0) is 48.7 Å². The molecule has 0 atom stereocenters. The second-order valence-corrected chi connectivity index (χ2v) is 6.64. The van der Waals surface area contributed by atoms with E-state index in [1.807, 2.05) is 44.2 Å². The van der Waals surface area contributed by atoms with E-state index in [0.717, 1.165) is 37.8 Å². The summed E-state index contributed by atoms with van der Waals surface area (Å²) in [6, 6.07) is 10.7. The quantitative estimate of drug-likeness (QED) is 0.248. The van der Waals surface area contributed by atoms with Crippen molar-refractivity contribution in [2.24, 2.45) is 11.7 Å². The molecule has 0 aromatic heterocycles. The molecule has 0 aliphatic heterocycles. The van der Waals surface area contributed by atoms with Crippen LogP contribution in [0.15, 0.2) is 42.6 Å². The third-order valence-corrected chi connectivity index (χ3v) is 4.49. The summed E-state index contributed by atoms with van der Waals surface area (Å²) in [5.74, 6) is 12.2. The molecule has 29 heavy (non-hydrogen) atoms. The molecule has 6 N–H and O–H groups in total. The summed E-state index contributed by atoms with van der Waals surface area (Å²) >= 11 is 0. The molecular weight excluding hydrogens is 368 g/mol. The number of hydrazine groups is 2. The maximum Gasteiger partial charge on any atom is 0.352 e. The first-order valence-electron chi connectivity index (χ1n) is 9.07. The predicted molar refractivity (Wildman–Crippen MR) is 117 cm³/mol. The molecule has 0 aliphatic carbocycles. The van der Waals surface area contributed by atoms with Crippen LogP contribution >= 0.6 is 0 Å². The Bertz CT molecular complexity index is 923. The van der Waals surface area contributed by atoms with E-state index in [-0.39, 0.29) is 6.61 Å². The Morgan fingerprint density at radius 2 is 1.93 bits per heavy atom. The van der Waals surface area contributed by atoms with Gasteiger partial charge in [0.2, 0.25) is 0 Å². The molecule has 154 valence electrons. The van der Waals surface area contributed by atoms with Gasteiger partial charge in [0.15, 0.2) is 0 Å². The minimum atomic E-state index is -0.534. The van der Waals surface area contributed by atoms with Crippen molar-refractivity contribution >= 4 is 23.5 Å². The summed E-state index contributed by atoms with van der Waals surface area (Å²) in [4.78, 5) is 12.2. The molecule has 2 rings (SSSR count). The van der Waals surface area contributed by atoms with Gasteiger partial charge in [0, 0.05) is 37.6 Å². The molecule has 0 bridgehead atoms. The summed E-state index contributed by atoms with van der Waals surface area (Å²) in [5, 5.41) is 12.4. The van der Waals surface area contributed by atoms with Crippen molar-refractivity contribution in [2.75, 3.05) is 19.1 Å². The van der Waals surface area contributed by atoms with E-state index in [1.54, 1.807) is 19.3 Å². The van der Waals surface area contributed by atoms with Crippen molar-refractivity contribution in [1.82, 2.24) is 10.3 Å². The first-order chi connectivity index (χ1) is 13.8. The van der Waals surface area contributed by atoms with Gasteiger partial charge >= 0.3 is 6.03 Å². The first kappa shape index (κ1) is 21.9. The van der Waals surface area contributed by atoms with E-state index in [2.05, 4.69) is 5.32 Å². The summed E-state index contributed by atoms with van der Waals surface area (Å²) in [5.41, 5.74) is 4.90. The highest BCUT2D eigenvalue weighted by molar-refractivity contribution is 6.08. The van der Waals surface area contributed by atoms with Crippen LogP contribution in [0, 0.1) is 19.3 Å². The Hall–Kier alpha value is -3.36. The van der Waals surface area contributed by atoms with Gasteiger partial charge in [0.05, 0.1) is 5.69 Å². The van der Waals surface area contributed by atoms with Gasteiger partial charge < -0.3 is 15.5 Å². The molecule has 0 saturated heterocycles. The standard InChI is InChI=1S/C21H28N6O2/c1-14-6-5-7-19(27(24)21(28)26(4)23)18(14)13-29-20-9-8-16(10-15(20)2)17(11-22)12-25-3/h5-12,22,25H,13,23-24H2,1-4H3/b17-12+,22-11?. The van der Waals surface area contributed by atoms with Crippen LogP contribution in [0.25, 0.3) is 5.57 Å². The molecule has 0 spiro atoms. The maximum atomic E-state index is 12.2. The second kappa shape index (κ2) is 9.72. The molecule has 2 aromatic rings. The van der Waals surface area contributed by atoms with Crippen LogP contribution in [0.3, 0.4) is 0 Å². The van der Waals surface area contributed by atoms with E-state index >= 15 is 0 Å². The zero-order chi connectivity index (χ0) is 21.6. The van der Waals surface area contributed by atoms with E-state index < -0.39 is 6.03 Å². The summed E-state index contributed by atoms with van der Waals surface area (Å²) < 4.78 is 6.03. The number of nitrogens with zero attached hydrogens (tertiary/aromatic N) is 2. The van der Waals surface area contributed by atoms with Crippen LogP contribution < -0.4 is 26.7 Å². The van der Waals surface area contributed by atoms with Crippen LogP contribution in [0.4, 0.5) is 10.5 Å². The molecule has 2 amide bonds. The van der Waals surface area contributed by atoms with Gasteiger partial charge in [-0.25, -0.2) is 21.5 Å². The van der Waals surface area contributed by atoms with Gasteiger partial charge in [0.1, 0.15) is 12.4 Å². The summed E-state index contributed by atoms with van der Waals surface area (Å²) in [7, 11) is 3.23. The Labute approximate surface area is 171 Å². The summed E-state index contributed by atoms with van der Waals surface area (Å²) in [6.45, 7) is 4.11. The van der Waals surface area contributed by atoms with Crippen molar-refractivity contribution in [3.63, 3.8) is 0 Å². The molecule has 0 fully saturated rings. The maximum absolute atomic E-state index is 12.2. The predicted octanol–water partition coefficient (Wildman–Crippen LogP) is 2.70. The van der Waals surface area contributed by atoms with Crippen LogP contribution in [-0.4, -0.2) is 31.3 Å². The lowest BCUT2D eigenvalue weighted by Gasteiger charge is -2.24. The lowest BCUT2D eigenvalue weighted by molar-refractivity contribution is 0.216. The number of benzene rings is 2. The Kier molecular flexibility index (Phi) is 7.35. The van der Waals surface area contributed by atoms with Crippen LogP contribution in [0.1, 0.15) is 22.3 Å². The number of rotatable bonds is 7. The minimum absolute atomic E-state index is 0.237. The number of nitrogens with two attached hydrogens (primary N) is 2. The Morgan fingerprint density at radius 3 is 2.52 bits per heavy atom. The smallest absolute Gasteiger partial charge is 0.352 e. The number of carbonyl (C=O) groups excluding carboxylic acids is 1. The van der Waals surface area contributed by atoms with Crippen molar-refractivity contribution in [3.05, 3.63) is 64.9 Å². The number of hydrogen-bond donors (Lipinski definition) is 4. The minimum Gasteiger partial charge on any atom is -0.489 e. The number of allylic oxidation sites excluding steroid dienone is 1. The third kappa shape index (κ3) is 5.13. The van der Waals surface area contributed by atoms with Crippen molar-refractivity contribution < 1.29 is 9.53 Å². The van der Waals surface area contributed by atoms with Crippen LogP contribution in [0.2, 0.25) is 0 Å². The number of ether oxygens (including phenoxy) is 1. The Balaban J connectivity index is 2.27. The number of anilines is 1. The molecule has 8 heteroatoms. The molecule has 0 aliphatic rings. The number of urea groups is 1. The monoisotopic (exact) mass is 396 g/mol. The SMILES string of the molecule is CN/C=C(\C=N)c1ccc(OCc2c(C)cccc2N(N)C(=O)N(C)N)c(C)c1. The third-order valence-electron chi connectivity index (χ3n) is 4.49. The zero-order valence-electron chi connectivity index (χ0n) is 17.2. The van der Waals surface area contributed by atoms with Crippen molar-refractivity contribution in [1.29, 1.82) is 5.41 Å². The topological polar surface area (TPSA) is 121 Å². The van der Waals surface area contributed by atoms with Gasteiger partial charge in [-0.2, -0.15) is 0 Å². The van der Waals surface area contributed by atoms with E-state index in [1.165, 1.54) is 13.3 Å². The van der Waals surface area contributed by atoms with E-state index in [4.69, 9.17) is 21.8 Å². The van der Waals surface area contributed by atoms with Crippen LogP contribution in [-0.2, 0) is 6.61 Å². The van der Waals surface area contributed by atoms with Gasteiger partial charge in [-0.3, -0.25) is 5.01 Å². The lowest BCUT2D eigenvalue weighted by atomic mass is 10.0. The van der Waals surface area contributed by atoms with Gasteiger partial charge in [-0.1, -0.05) is 18.2 Å².